The molecule has 0 spiro atoms. The highest BCUT2D eigenvalue weighted by Crippen LogP contribution is 2.03. The molecule has 0 unspecified atom stereocenters. The van der Waals surface area contributed by atoms with Gasteiger partial charge in [-0.15, -0.1) is 0 Å². The van der Waals surface area contributed by atoms with Crippen LogP contribution in [-0.4, -0.2) is 30.1 Å². The Morgan fingerprint density at radius 3 is 2.63 bits per heavy atom. The summed E-state index contributed by atoms with van der Waals surface area (Å²) in [5.74, 6) is -0.504. The zero-order valence-electron chi connectivity index (χ0n) is 11.3. The first-order chi connectivity index (χ1) is 9.04. The predicted molar refractivity (Wildman–Crippen MR) is 70.3 cm³/mol. The maximum Gasteiger partial charge on any atom is 0.328 e. The lowest BCUT2D eigenvalue weighted by atomic mass is 10.1. The van der Waals surface area contributed by atoms with Crippen molar-refractivity contribution in [3.05, 3.63) is 30.1 Å². The number of hydrogen-bond donors (Lipinski definition) is 2. The Balaban J connectivity index is 2.47. The van der Waals surface area contributed by atoms with E-state index >= 15 is 0 Å². The van der Waals surface area contributed by atoms with Crippen LogP contribution in [0.1, 0.15) is 19.5 Å². The van der Waals surface area contributed by atoms with Gasteiger partial charge in [0.25, 0.3) is 0 Å². The number of esters is 1. The lowest BCUT2D eigenvalue weighted by Gasteiger charge is -2.19. The molecular formula is C13H19N3O3. The summed E-state index contributed by atoms with van der Waals surface area (Å²) in [6, 6.07) is 4.37. The van der Waals surface area contributed by atoms with Gasteiger partial charge < -0.3 is 15.4 Å². The lowest BCUT2D eigenvalue weighted by Crippen LogP contribution is -2.48. The lowest BCUT2D eigenvalue weighted by molar-refractivity contribution is -0.143. The van der Waals surface area contributed by atoms with Crippen molar-refractivity contribution in [2.24, 2.45) is 5.92 Å². The molecule has 1 rings (SSSR count). The maximum atomic E-state index is 11.7. The van der Waals surface area contributed by atoms with E-state index < -0.39 is 18.0 Å². The summed E-state index contributed by atoms with van der Waals surface area (Å²) in [7, 11) is 1.30. The second-order valence-corrected chi connectivity index (χ2v) is 4.39. The Morgan fingerprint density at radius 2 is 2.11 bits per heavy atom. The van der Waals surface area contributed by atoms with Gasteiger partial charge in [0.1, 0.15) is 6.04 Å². The molecule has 0 saturated carbocycles. The number of carbonyl (C=O) groups is 2. The van der Waals surface area contributed by atoms with Gasteiger partial charge in [-0.2, -0.15) is 0 Å². The fourth-order valence-corrected chi connectivity index (χ4v) is 1.49. The molecule has 0 aliphatic rings. The first-order valence-electron chi connectivity index (χ1n) is 6.06. The Morgan fingerprint density at radius 1 is 1.37 bits per heavy atom. The number of amides is 2. The highest BCUT2D eigenvalue weighted by Gasteiger charge is 2.24. The largest absolute Gasteiger partial charge is 0.467 e. The second-order valence-electron chi connectivity index (χ2n) is 4.39. The molecule has 0 aliphatic carbocycles. The fourth-order valence-electron chi connectivity index (χ4n) is 1.49. The van der Waals surface area contributed by atoms with Crippen LogP contribution in [0.3, 0.4) is 0 Å². The number of aromatic nitrogens is 1. The first kappa shape index (κ1) is 14.9. The summed E-state index contributed by atoms with van der Waals surface area (Å²) in [5, 5.41) is 5.23. The number of urea groups is 1. The Labute approximate surface area is 112 Å². The molecule has 104 valence electrons. The summed E-state index contributed by atoms with van der Waals surface area (Å²) >= 11 is 0. The van der Waals surface area contributed by atoms with Crippen LogP contribution in [0, 0.1) is 5.92 Å². The molecule has 2 N–H and O–H groups in total. The zero-order chi connectivity index (χ0) is 14.3. The van der Waals surface area contributed by atoms with Gasteiger partial charge >= 0.3 is 12.0 Å². The number of rotatable bonds is 5. The molecule has 6 heteroatoms. The van der Waals surface area contributed by atoms with E-state index in [-0.39, 0.29) is 5.92 Å². The summed E-state index contributed by atoms with van der Waals surface area (Å²) in [4.78, 5) is 27.3. The molecule has 1 atom stereocenters. The summed E-state index contributed by atoms with van der Waals surface area (Å²) in [5.41, 5.74) is 0.747. The fraction of sp³-hybridized carbons (Fsp3) is 0.462. The molecule has 1 aromatic heterocycles. The van der Waals surface area contributed by atoms with Crippen molar-refractivity contribution >= 4 is 12.0 Å². The van der Waals surface area contributed by atoms with Crippen molar-refractivity contribution in [2.75, 3.05) is 7.11 Å². The molecule has 0 aliphatic heterocycles. The minimum atomic E-state index is -0.659. The van der Waals surface area contributed by atoms with Crippen molar-refractivity contribution < 1.29 is 14.3 Å². The van der Waals surface area contributed by atoms with Crippen LogP contribution in [0.15, 0.2) is 24.4 Å². The normalized spacial score (nSPS) is 11.8. The third-order valence-corrected chi connectivity index (χ3v) is 2.56. The number of nitrogens with zero attached hydrogens (tertiary/aromatic N) is 1. The molecule has 1 aromatic rings. The zero-order valence-corrected chi connectivity index (χ0v) is 11.3. The predicted octanol–water partition coefficient (Wildman–Crippen LogP) is 1.08. The molecule has 0 saturated heterocycles. The molecule has 19 heavy (non-hydrogen) atoms. The minimum absolute atomic E-state index is 0.0481. The summed E-state index contributed by atoms with van der Waals surface area (Å²) in [6.07, 6.45) is 1.65. The average molecular weight is 265 g/mol. The average Bonchev–Trinajstić information content (AvgIpc) is 2.42. The SMILES string of the molecule is COC(=O)[C@@H](NC(=O)NCc1ccccn1)C(C)C. The molecule has 0 bridgehead atoms. The van der Waals surface area contributed by atoms with Crippen LogP contribution in [0.5, 0.6) is 0 Å². The number of methoxy groups -OCH3 is 1. The summed E-state index contributed by atoms with van der Waals surface area (Å²) < 4.78 is 4.64. The Hall–Kier alpha value is -2.11. The van der Waals surface area contributed by atoms with Gasteiger partial charge in [0, 0.05) is 6.20 Å². The van der Waals surface area contributed by atoms with Gasteiger partial charge in [-0.3, -0.25) is 4.98 Å². The topological polar surface area (TPSA) is 80.3 Å². The highest BCUT2D eigenvalue weighted by molar-refractivity contribution is 5.83. The van der Waals surface area contributed by atoms with Crippen molar-refractivity contribution in [1.82, 2.24) is 15.6 Å². The van der Waals surface area contributed by atoms with Gasteiger partial charge in [-0.25, -0.2) is 9.59 Å². The van der Waals surface area contributed by atoms with E-state index in [0.29, 0.717) is 6.54 Å². The standard InChI is InChI=1S/C13H19N3O3/c1-9(2)11(12(17)19-3)16-13(18)15-8-10-6-4-5-7-14-10/h4-7,9,11H,8H2,1-3H3,(H2,15,16,18)/t11-/m0/s1. The van der Waals surface area contributed by atoms with Crippen LogP contribution in [-0.2, 0) is 16.1 Å². The molecule has 0 fully saturated rings. The Kier molecular flexibility index (Phi) is 5.78. The van der Waals surface area contributed by atoms with E-state index in [9.17, 15) is 9.59 Å². The maximum absolute atomic E-state index is 11.7. The number of carbonyl (C=O) groups excluding carboxylic acids is 2. The van der Waals surface area contributed by atoms with Crippen molar-refractivity contribution in [2.45, 2.75) is 26.4 Å². The molecule has 1 heterocycles. The molecule has 0 radical (unpaired) electrons. The number of nitrogens with one attached hydrogen (secondary N) is 2. The van der Waals surface area contributed by atoms with Crippen molar-refractivity contribution in [1.29, 1.82) is 0 Å². The Bertz CT molecular complexity index is 420. The number of ether oxygens (including phenoxy) is 1. The van der Waals surface area contributed by atoms with Crippen LogP contribution in [0.2, 0.25) is 0 Å². The van der Waals surface area contributed by atoms with E-state index in [0.717, 1.165) is 5.69 Å². The second kappa shape index (κ2) is 7.35. The van der Waals surface area contributed by atoms with E-state index in [1.807, 2.05) is 19.9 Å². The molecule has 2 amide bonds. The van der Waals surface area contributed by atoms with E-state index in [2.05, 4.69) is 20.4 Å². The van der Waals surface area contributed by atoms with Gasteiger partial charge in [0.15, 0.2) is 0 Å². The van der Waals surface area contributed by atoms with Gasteiger partial charge in [0.2, 0.25) is 0 Å². The van der Waals surface area contributed by atoms with Crippen LogP contribution in [0.4, 0.5) is 4.79 Å². The summed E-state index contributed by atoms with van der Waals surface area (Å²) in [6.45, 7) is 3.97. The smallest absolute Gasteiger partial charge is 0.328 e. The van der Waals surface area contributed by atoms with Gasteiger partial charge in [-0.1, -0.05) is 19.9 Å². The van der Waals surface area contributed by atoms with E-state index in [1.54, 1.807) is 18.3 Å². The molecule has 6 nitrogen and oxygen atoms in total. The third kappa shape index (κ3) is 4.95. The van der Waals surface area contributed by atoms with Crippen LogP contribution < -0.4 is 10.6 Å². The third-order valence-electron chi connectivity index (χ3n) is 2.56. The highest BCUT2D eigenvalue weighted by atomic mass is 16.5. The van der Waals surface area contributed by atoms with E-state index in [1.165, 1.54) is 7.11 Å². The van der Waals surface area contributed by atoms with Crippen LogP contribution in [0.25, 0.3) is 0 Å². The van der Waals surface area contributed by atoms with Crippen LogP contribution >= 0.6 is 0 Å². The molecular weight excluding hydrogens is 246 g/mol. The van der Waals surface area contributed by atoms with Gasteiger partial charge in [0.05, 0.1) is 19.3 Å². The van der Waals surface area contributed by atoms with Crippen molar-refractivity contribution in [3.8, 4) is 0 Å². The van der Waals surface area contributed by atoms with E-state index in [4.69, 9.17) is 0 Å². The first-order valence-corrected chi connectivity index (χ1v) is 6.06. The number of pyridine rings is 1. The molecule has 0 aromatic carbocycles. The number of hydrogen-bond acceptors (Lipinski definition) is 4. The quantitative estimate of drug-likeness (QED) is 0.781. The minimum Gasteiger partial charge on any atom is -0.467 e. The van der Waals surface area contributed by atoms with Gasteiger partial charge in [-0.05, 0) is 18.1 Å². The monoisotopic (exact) mass is 265 g/mol. The van der Waals surface area contributed by atoms with Crippen molar-refractivity contribution in [3.63, 3.8) is 0 Å².